The molecule has 0 aliphatic carbocycles. The Bertz CT molecular complexity index is 529. The normalized spacial score (nSPS) is 10.2. The molecule has 0 amide bonds. The van der Waals surface area contributed by atoms with Crippen molar-refractivity contribution in [1.82, 2.24) is 4.98 Å². The van der Waals surface area contributed by atoms with Crippen molar-refractivity contribution in [3.05, 3.63) is 53.7 Å². The Kier molecular flexibility index (Phi) is 3.72. The summed E-state index contributed by atoms with van der Waals surface area (Å²) in [5.74, 6) is -1.17. The molecule has 1 aromatic heterocycles. The van der Waals surface area contributed by atoms with E-state index < -0.39 is 11.6 Å². The molecule has 0 aliphatic heterocycles. The number of ether oxygens (including phenoxy) is 1. The van der Waals surface area contributed by atoms with Gasteiger partial charge in [-0.3, -0.25) is 0 Å². The van der Waals surface area contributed by atoms with Gasteiger partial charge in [-0.25, -0.2) is 13.8 Å². The van der Waals surface area contributed by atoms with Gasteiger partial charge in [-0.05, 0) is 23.8 Å². The third-order valence-electron chi connectivity index (χ3n) is 2.43. The van der Waals surface area contributed by atoms with Gasteiger partial charge in [0.1, 0.15) is 0 Å². The van der Waals surface area contributed by atoms with Crippen LogP contribution in [0, 0.1) is 11.6 Å². The summed E-state index contributed by atoms with van der Waals surface area (Å²) >= 11 is 0. The molecule has 2 aromatic rings. The lowest BCUT2D eigenvalue weighted by molar-refractivity contribution is 0.398. The number of anilines is 1. The highest BCUT2D eigenvalue weighted by atomic mass is 19.2. The van der Waals surface area contributed by atoms with E-state index in [2.05, 4.69) is 10.3 Å². The molecule has 0 fully saturated rings. The van der Waals surface area contributed by atoms with Crippen LogP contribution in [0.3, 0.4) is 0 Å². The lowest BCUT2D eigenvalue weighted by Crippen LogP contribution is -2.01. The van der Waals surface area contributed by atoms with Crippen LogP contribution in [0.25, 0.3) is 0 Å². The first-order chi connectivity index (χ1) is 8.69. The van der Waals surface area contributed by atoms with E-state index >= 15 is 0 Å². The molecule has 0 radical (unpaired) electrons. The van der Waals surface area contributed by atoms with Crippen molar-refractivity contribution in [3.63, 3.8) is 0 Å². The first kappa shape index (κ1) is 12.3. The molecule has 5 heteroatoms. The fourth-order valence-electron chi connectivity index (χ4n) is 1.46. The van der Waals surface area contributed by atoms with Crippen LogP contribution >= 0.6 is 0 Å². The van der Waals surface area contributed by atoms with Gasteiger partial charge in [0.25, 0.3) is 0 Å². The van der Waals surface area contributed by atoms with Crippen molar-refractivity contribution in [2.45, 2.75) is 6.54 Å². The Morgan fingerprint density at radius 3 is 2.61 bits per heavy atom. The molecule has 0 unspecified atom stereocenters. The zero-order valence-corrected chi connectivity index (χ0v) is 9.78. The number of nitrogens with one attached hydrogen (secondary N) is 1. The minimum atomic E-state index is -0.845. The van der Waals surface area contributed by atoms with E-state index in [1.54, 1.807) is 18.3 Å². The van der Waals surface area contributed by atoms with Gasteiger partial charge in [0.15, 0.2) is 11.6 Å². The molecule has 18 heavy (non-hydrogen) atoms. The average Bonchev–Trinajstić information content (AvgIpc) is 2.41. The second-order valence-electron chi connectivity index (χ2n) is 3.69. The monoisotopic (exact) mass is 250 g/mol. The fraction of sp³-hybridized carbons (Fsp3) is 0.154. The van der Waals surface area contributed by atoms with Crippen LogP contribution in [0.5, 0.6) is 5.88 Å². The van der Waals surface area contributed by atoms with Crippen molar-refractivity contribution >= 4 is 5.69 Å². The molecule has 0 bridgehead atoms. The SMILES string of the molecule is COc1ccc(NCc2ccc(F)c(F)c2)cn1. The fourth-order valence-corrected chi connectivity index (χ4v) is 1.46. The molecular weight excluding hydrogens is 238 g/mol. The summed E-state index contributed by atoms with van der Waals surface area (Å²) in [6.07, 6.45) is 1.61. The van der Waals surface area contributed by atoms with Crippen LogP contribution < -0.4 is 10.1 Å². The van der Waals surface area contributed by atoms with Crippen LogP contribution in [-0.2, 0) is 6.54 Å². The summed E-state index contributed by atoms with van der Waals surface area (Å²) in [4.78, 5) is 4.02. The Balaban J connectivity index is 1.99. The van der Waals surface area contributed by atoms with Crippen LogP contribution in [0.2, 0.25) is 0 Å². The van der Waals surface area contributed by atoms with E-state index in [-0.39, 0.29) is 0 Å². The summed E-state index contributed by atoms with van der Waals surface area (Å²) < 4.78 is 30.6. The van der Waals surface area contributed by atoms with Crippen molar-refractivity contribution < 1.29 is 13.5 Å². The summed E-state index contributed by atoms with van der Waals surface area (Å²) in [6.45, 7) is 0.394. The molecular formula is C13H12F2N2O. The second kappa shape index (κ2) is 5.44. The predicted octanol–water partition coefficient (Wildman–Crippen LogP) is 2.98. The van der Waals surface area contributed by atoms with E-state index in [1.165, 1.54) is 19.2 Å². The van der Waals surface area contributed by atoms with Gasteiger partial charge in [0.2, 0.25) is 5.88 Å². The van der Waals surface area contributed by atoms with E-state index in [4.69, 9.17) is 4.74 Å². The Morgan fingerprint density at radius 1 is 1.17 bits per heavy atom. The molecule has 0 aliphatic rings. The molecule has 1 N–H and O–H groups in total. The van der Waals surface area contributed by atoms with Gasteiger partial charge in [0.05, 0.1) is 19.0 Å². The lowest BCUT2D eigenvalue weighted by Gasteiger charge is -2.07. The first-order valence-electron chi connectivity index (χ1n) is 5.37. The van der Waals surface area contributed by atoms with Crippen LogP contribution in [-0.4, -0.2) is 12.1 Å². The van der Waals surface area contributed by atoms with Gasteiger partial charge in [-0.1, -0.05) is 6.07 Å². The van der Waals surface area contributed by atoms with Crippen molar-refractivity contribution in [2.75, 3.05) is 12.4 Å². The Morgan fingerprint density at radius 2 is 2.00 bits per heavy atom. The number of hydrogen-bond acceptors (Lipinski definition) is 3. The summed E-state index contributed by atoms with van der Waals surface area (Å²) in [6, 6.07) is 7.32. The summed E-state index contributed by atoms with van der Waals surface area (Å²) in [5.41, 5.74) is 1.44. The third-order valence-corrected chi connectivity index (χ3v) is 2.43. The van der Waals surface area contributed by atoms with Crippen LogP contribution in [0.4, 0.5) is 14.5 Å². The van der Waals surface area contributed by atoms with Crippen LogP contribution in [0.15, 0.2) is 36.5 Å². The number of aromatic nitrogens is 1. The van der Waals surface area contributed by atoms with E-state index in [1.807, 2.05) is 0 Å². The van der Waals surface area contributed by atoms with Crippen molar-refractivity contribution in [3.8, 4) is 5.88 Å². The van der Waals surface area contributed by atoms with Gasteiger partial charge in [-0.2, -0.15) is 0 Å². The van der Waals surface area contributed by atoms with E-state index in [0.29, 0.717) is 18.0 Å². The van der Waals surface area contributed by atoms with Crippen molar-refractivity contribution in [2.24, 2.45) is 0 Å². The first-order valence-corrected chi connectivity index (χ1v) is 5.37. The molecule has 3 nitrogen and oxygen atoms in total. The molecule has 0 atom stereocenters. The summed E-state index contributed by atoms with van der Waals surface area (Å²) in [7, 11) is 1.54. The zero-order valence-electron chi connectivity index (χ0n) is 9.78. The van der Waals surface area contributed by atoms with E-state index in [9.17, 15) is 8.78 Å². The predicted molar refractivity (Wildman–Crippen MR) is 64.5 cm³/mol. The number of benzene rings is 1. The maximum Gasteiger partial charge on any atom is 0.213 e. The topological polar surface area (TPSA) is 34.1 Å². The molecule has 1 heterocycles. The number of rotatable bonds is 4. The van der Waals surface area contributed by atoms with Gasteiger partial charge in [-0.15, -0.1) is 0 Å². The number of pyridine rings is 1. The molecule has 0 spiro atoms. The van der Waals surface area contributed by atoms with Gasteiger partial charge in [0, 0.05) is 12.6 Å². The minimum Gasteiger partial charge on any atom is -0.481 e. The largest absolute Gasteiger partial charge is 0.481 e. The Labute approximate surface area is 103 Å². The number of methoxy groups -OCH3 is 1. The van der Waals surface area contributed by atoms with Crippen molar-refractivity contribution in [1.29, 1.82) is 0 Å². The van der Waals surface area contributed by atoms with Crippen LogP contribution in [0.1, 0.15) is 5.56 Å². The smallest absolute Gasteiger partial charge is 0.213 e. The van der Waals surface area contributed by atoms with Gasteiger partial charge >= 0.3 is 0 Å². The Hall–Kier alpha value is -2.17. The maximum atomic E-state index is 13.0. The maximum absolute atomic E-state index is 13.0. The van der Waals surface area contributed by atoms with Gasteiger partial charge < -0.3 is 10.1 Å². The number of hydrogen-bond donors (Lipinski definition) is 1. The standard InChI is InChI=1S/C13H12F2N2O/c1-18-13-5-3-10(8-17-13)16-7-9-2-4-11(14)12(15)6-9/h2-6,8,16H,7H2,1H3. The highest BCUT2D eigenvalue weighted by Crippen LogP contribution is 2.13. The third kappa shape index (κ3) is 2.94. The number of nitrogens with zero attached hydrogens (tertiary/aromatic N) is 1. The minimum absolute atomic E-state index is 0.394. The van der Waals surface area contributed by atoms with E-state index in [0.717, 1.165) is 11.8 Å². The molecule has 0 saturated carbocycles. The lowest BCUT2D eigenvalue weighted by atomic mass is 10.2. The second-order valence-corrected chi connectivity index (χ2v) is 3.69. The highest BCUT2D eigenvalue weighted by molar-refractivity contribution is 5.42. The average molecular weight is 250 g/mol. The highest BCUT2D eigenvalue weighted by Gasteiger charge is 2.02. The zero-order chi connectivity index (χ0) is 13.0. The number of halogens is 2. The molecule has 2 rings (SSSR count). The molecule has 1 aromatic carbocycles. The molecule has 94 valence electrons. The molecule has 0 saturated heterocycles. The quantitative estimate of drug-likeness (QED) is 0.905. The summed E-state index contributed by atoms with van der Waals surface area (Å²) in [5, 5.41) is 3.05.